The smallest absolute Gasteiger partial charge is 0.159 e. The Balaban J connectivity index is 1.29. The first kappa shape index (κ1) is 28.4. The maximum atomic E-state index is 6.69. The summed E-state index contributed by atoms with van der Waals surface area (Å²) >= 11 is 0. The lowest BCUT2D eigenvalue weighted by Crippen LogP contribution is -2.24. The number of para-hydroxylation sites is 2. The van der Waals surface area contributed by atoms with Crippen molar-refractivity contribution in [1.82, 2.24) is 0 Å². The van der Waals surface area contributed by atoms with Gasteiger partial charge in [0.2, 0.25) is 0 Å². The number of rotatable bonds is 3. The van der Waals surface area contributed by atoms with Crippen LogP contribution in [-0.2, 0) is 10.8 Å². The Labute approximate surface area is 287 Å². The summed E-state index contributed by atoms with van der Waals surface area (Å²) in [7, 11) is 0. The fourth-order valence-corrected chi connectivity index (χ4v) is 9.20. The Morgan fingerprint density at radius 3 is 1.94 bits per heavy atom. The molecule has 10 rings (SSSR count). The van der Waals surface area contributed by atoms with Crippen molar-refractivity contribution in [3.63, 3.8) is 0 Å². The number of hydrogen-bond donors (Lipinski definition) is 0. The monoisotopic (exact) mass is 631 g/mol. The standard InChI is InChI=1S/C47H37NO/c1-28-21-23-29(24-22-28)48(39-19-12-17-35-32-15-9-11-20-41(32)49-45(35)39)40-27-38-42(33-16-7-6-14-31(33)40)36-26-25-34-30-13-8-10-18-37(30)46(2,3)43(34)44(36)47(38,4)5/h6-27H,1-5H3. The predicted octanol–water partition coefficient (Wildman–Crippen LogP) is 13.1. The van der Waals surface area contributed by atoms with Crippen molar-refractivity contribution in [2.75, 3.05) is 4.90 Å². The van der Waals surface area contributed by atoms with Crippen LogP contribution in [-0.4, -0.2) is 0 Å². The Bertz CT molecular complexity index is 2670. The zero-order chi connectivity index (χ0) is 33.2. The topological polar surface area (TPSA) is 16.4 Å². The molecule has 0 radical (unpaired) electrons. The number of fused-ring (bicyclic) bond motifs is 12. The van der Waals surface area contributed by atoms with Gasteiger partial charge in [0, 0.05) is 32.7 Å². The van der Waals surface area contributed by atoms with E-state index >= 15 is 0 Å². The average Bonchev–Trinajstić information content (AvgIpc) is 3.69. The normalized spacial score (nSPS) is 15.0. The minimum atomic E-state index is -0.224. The molecule has 0 spiro atoms. The highest BCUT2D eigenvalue weighted by atomic mass is 16.3. The van der Waals surface area contributed by atoms with Crippen LogP contribution in [0.1, 0.15) is 55.5 Å². The predicted molar refractivity (Wildman–Crippen MR) is 206 cm³/mol. The zero-order valence-electron chi connectivity index (χ0n) is 28.6. The molecule has 0 aliphatic heterocycles. The lowest BCUT2D eigenvalue weighted by molar-refractivity contribution is 0.601. The summed E-state index contributed by atoms with van der Waals surface area (Å²) in [5, 5.41) is 4.77. The van der Waals surface area contributed by atoms with Crippen LogP contribution in [0.3, 0.4) is 0 Å². The minimum absolute atomic E-state index is 0.0971. The van der Waals surface area contributed by atoms with Crippen LogP contribution in [0, 0.1) is 6.92 Å². The Hall–Kier alpha value is -5.60. The third-order valence-electron chi connectivity index (χ3n) is 11.5. The van der Waals surface area contributed by atoms with E-state index < -0.39 is 0 Å². The summed E-state index contributed by atoms with van der Waals surface area (Å²) in [6, 6.07) is 49.1. The quantitative estimate of drug-likeness (QED) is 0.193. The SMILES string of the molecule is Cc1ccc(N(c2cc3c(c4ccccc24)-c2ccc4c(c2C3(C)C)C(C)(C)c2ccccc2-4)c2cccc3c2oc2ccccc23)cc1. The van der Waals surface area contributed by atoms with Gasteiger partial charge in [0.25, 0.3) is 0 Å². The highest BCUT2D eigenvalue weighted by Gasteiger charge is 2.46. The lowest BCUT2D eigenvalue weighted by atomic mass is 9.72. The molecule has 0 saturated carbocycles. The van der Waals surface area contributed by atoms with Gasteiger partial charge in [-0.3, -0.25) is 0 Å². The van der Waals surface area contributed by atoms with E-state index in [-0.39, 0.29) is 10.8 Å². The minimum Gasteiger partial charge on any atom is -0.454 e. The van der Waals surface area contributed by atoms with Crippen LogP contribution in [0.5, 0.6) is 0 Å². The van der Waals surface area contributed by atoms with E-state index in [4.69, 9.17) is 4.42 Å². The molecule has 0 fully saturated rings. The number of anilines is 3. The molecule has 236 valence electrons. The summed E-state index contributed by atoms with van der Waals surface area (Å²) in [5.41, 5.74) is 17.2. The first-order valence-electron chi connectivity index (χ1n) is 17.4. The molecule has 0 atom stereocenters. The Morgan fingerprint density at radius 1 is 0.490 bits per heavy atom. The number of benzene rings is 7. The van der Waals surface area contributed by atoms with Gasteiger partial charge in [-0.1, -0.05) is 136 Å². The van der Waals surface area contributed by atoms with Gasteiger partial charge in [0.1, 0.15) is 5.58 Å². The molecule has 0 unspecified atom stereocenters. The molecule has 2 heteroatoms. The number of hydrogen-bond acceptors (Lipinski definition) is 2. The molecule has 1 aromatic heterocycles. The van der Waals surface area contributed by atoms with Crippen molar-refractivity contribution in [3.05, 3.63) is 161 Å². The van der Waals surface area contributed by atoms with Crippen LogP contribution in [0.2, 0.25) is 0 Å². The fourth-order valence-electron chi connectivity index (χ4n) is 9.20. The van der Waals surface area contributed by atoms with Gasteiger partial charge in [-0.2, -0.15) is 0 Å². The number of furan rings is 1. The van der Waals surface area contributed by atoms with Crippen LogP contribution >= 0.6 is 0 Å². The summed E-state index contributed by atoms with van der Waals surface area (Å²) in [5.74, 6) is 0. The van der Waals surface area contributed by atoms with Gasteiger partial charge >= 0.3 is 0 Å². The molecule has 2 aliphatic carbocycles. The molecule has 0 N–H and O–H groups in total. The molecule has 2 nitrogen and oxygen atoms in total. The van der Waals surface area contributed by atoms with Gasteiger partial charge in [-0.25, -0.2) is 0 Å². The second-order valence-corrected chi connectivity index (χ2v) is 15.0. The van der Waals surface area contributed by atoms with Gasteiger partial charge in [0.05, 0.1) is 11.4 Å². The van der Waals surface area contributed by atoms with Crippen LogP contribution in [0.25, 0.3) is 55.0 Å². The molecule has 2 aliphatic rings. The van der Waals surface area contributed by atoms with Crippen LogP contribution < -0.4 is 4.90 Å². The molecule has 1 heterocycles. The second kappa shape index (κ2) is 9.74. The van der Waals surface area contributed by atoms with Gasteiger partial charge < -0.3 is 9.32 Å². The van der Waals surface area contributed by atoms with Crippen LogP contribution in [0.4, 0.5) is 17.1 Å². The Kier molecular flexibility index (Phi) is 5.65. The summed E-state index contributed by atoms with van der Waals surface area (Å²) in [6.45, 7) is 11.8. The van der Waals surface area contributed by atoms with E-state index in [1.807, 2.05) is 6.07 Å². The fraction of sp³-hybridized carbons (Fsp3) is 0.149. The van der Waals surface area contributed by atoms with E-state index in [1.54, 1.807) is 0 Å². The van der Waals surface area contributed by atoms with E-state index in [9.17, 15) is 0 Å². The number of nitrogens with zero attached hydrogens (tertiary/aromatic N) is 1. The maximum Gasteiger partial charge on any atom is 0.159 e. The highest BCUT2D eigenvalue weighted by Crippen LogP contribution is 2.61. The lowest BCUT2D eigenvalue weighted by Gasteiger charge is -2.32. The van der Waals surface area contributed by atoms with Crippen molar-refractivity contribution < 1.29 is 4.42 Å². The van der Waals surface area contributed by atoms with Gasteiger partial charge in [0.15, 0.2) is 5.58 Å². The van der Waals surface area contributed by atoms with Crippen LogP contribution in [0.15, 0.2) is 138 Å². The first-order chi connectivity index (χ1) is 23.7. The molecule has 0 amide bonds. The van der Waals surface area contributed by atoms with Crippen molar-refractivity contribution in [2.45, 2.75) is 45.4 Å². The number of aryl methyl sites for hydroxylation is 1. The van der Waals surface area contributed by atoms with E-state index in [0.717, 1.165) is 39.0 Å². The molecule has 8 aromatic rings. The summed E-state index contributed by atoms with van der Waals surface area (Å²) < 4.78 is 6.69. The molecule has 49 heavy (non-hydrogen) atoms. The molecule has 0 saturated heterocycles. The van der Waals surface area contributed by atoms with Gasteiger partial charge in [-0.05, 0) is 87.1 Å². The van der Waals surface area contributed by atoms with Crippen molar-refractivity contribution in [3.8, 4) is 22.3 Å². The van der Waals surface area contributed by atoms with E-state index in [1.165, 1.54) is 60.8 Å². The second-order valence-electron chi connectivity index (χ2n) is 15.0. The maximum absolute atomic E-state index is 6.69. The van der Waals surface area contributed by atoms with Crippen molar-refractivity contribution in [1.29, 1.82) is 0 Å². The zero-order valence-corrected chi connectivity index (χ0v) is 28.6. The van der Waals surface area contributed by atoms with Crippen molar-refractivity contribution >= 4 is 49.8 Å². The third-order valence-corrected chi connectivity index (χ3v) is 11.5. The average molecular weight is 632 g/mol. The molecule has 7 aromatic carbocycles. The Morgan fingerprint density at radius 2 is 1.12 bits per heavy atom. The van der Waals surface area contributed by atoms with Gasteiger partial charge in [-0.15, -0.1) is 0 Å². The van der Waals surface area contributed by atoms with E-state index in [2.05, 4.69) is 167 Å². The largest absolute Gasteiger partial charge is 0.454 e. The molecular formula is C47H37NO. The summed E-state index contributed by atoms with van der Waals surface area (Å²) in [4.78, 5) is 2.43. The highest BCUT2D eigenvalue weighted by molar-refractivity contribution is 6.14. The van der Waals surface area contributed by atoms with Crippen molar-refractivity contribution in [2.24, 2.45) is 0 Å². The molecular weight excluding hydrogens is 595 g/mol. The molecule has 0 bridgehead atoms. The first-order valence-corrected chi connectivity index (χ1v) is 17.4. The van der Waals surface area contributed by atoms with E-state index in [0.29, 0.717) is 0 Å². The summed E-state index contributed by atoms with van der Waals surface area (Å²) in [6.07, 6.45) is 0. The third kappa shape index (κ3) is 3.72.